The lowest BCUT2D eigenvalue weighted by molar-refractivity contribution is -0.384. The van der Waals surface area contributed by atoms with E-state index in [1.54, 1.807) is 0 Å². The van der Waals surface area contributed by atoms with Gasteiger partial charge in [0.1, 0.15) is 0 Å². The highest BCUT2D eigenvalue weighted by Gasteiger charge is 2.20. The monoisotopic (exact) mass is 262 g/mol. The predicted molar refractivity (Wildman–Crippen MR) is 60.1 cm³/mol. The van der Waals surface area contributed by atoms with E-state index in [4.69, 9.17) is 5.53 Å². The average molecular weight is 262 g/mol. The molecule has 0 fully saturated rings. The van der Waals surface area contributed by atoms with Crippen LogP contribution in [0.1, 0.15) is 12.0 Å². The summed E-state index contributed by atoms with van der Waals surface area (Å²) in [4.78, 5) is 34.0. The van der Waals surface area contributed by atoms with Crippen LogP contribution >= 0.6 is 0 Å². The van der Waals surface area contributed by atoms with Crippen molar-refractivity contribution in [1.29, 1.82) is 0 Å². The molecule has 19 heavy (non-hydrogen) atoms. The Hall–Kier alpha value is -2.86. The van der Waals surface area contributed by atoms with E-state index in [0.717, 1.165) is 0 Å². The minimum atomic E-state index is -1.85. The van der Waals surface area contributed by atoms with Crippen molar-refractivity contribution in [2.45, 2.75) is 12.8 Å². The second kappa shape index (κ2) is 6.18. The Balaban J connectivity index is 2.67. The fourth-order valence-corrected chi connectivity index (χ4v) is 1.37. The molecule has 0 spiro atoms. The van der Waals surface area contributed by atoms with Crippen LogP contribution in [0.2, 0.25) is 0 Å². The molecule has 0 unspecified atom stereocenters. The van der Waals surface area contributed by atoms with Crippen LogP contribution in [0.5, 0.6) is 0 Å². The molecule has 0 N–H and O–H groups in total. The lowest BCUT2D eigenvalue weighted by Gasteiger charge is -1.99. The molecular formula is C11H8N3O5-. The lowest BCUT2D eigenvalue weighted by Crippen LogP contribution is -2.37. The van der Waals surface area contributed by atoms with Gasteiger partial charge in [0.2, 0.25) is 5.78 Å². The van der Waals surface area contributed by atoms with Gasteiger partial charge in [-0.15, -0.1) is 0 Å². The molecule has 8 heteroatoms. The molecule has 0 atom stereocenters. The van der Waals surface area contributed by atoms with Gasteiger partial charge < -0.3 is 15.4 Å². The summed E-state index contributed by atoms with van der Waals surface area (Å²) in [5.74, 6) is -2.72. The molecular weight excluding hydrogens is 254 g/mol. The van der Waals surface area contributed by atoms with Gasteiger partial charge in [-0.05, 0) is 12.0 Å². The highest BCUT2D eigenvalue weighted by molar-refractivity contribution is 6.61. The van der Waals surface area contributed by atoms with Gasteiger partial charge in [-0.1, -0.05) is 12.1 Å². The first-order valence-electron chi connectivity index (χ1n) is 5.15. The van der Waals surface area contributed by atoms with E-state index in [2.05, 4.69) is 4.79 Å². The van der Waals surface area contributed by atoms with Crippen LogP contribution in [0.15, 0.2) is 24.3 Å². The van der Waals surface area contributed by atoms with Crippen molar-refractivity contribution in [3.05, 3.63) is 45.5 Å². The van der Waals surface area contributed by atoms with Crippen molar-refractivity contribution in [2.24, 2.45) is 0 Å². The first-order chi connectivity index (χ1) is 8.95. The maximum absolute atomic E-state index is 11.3. The second-order valence-electron chi connectivity index (χ2n) is 3.58. The number of aryl methyl sites for hydroxylation is 1. The summed E-state index contributed by atoms with van der Waals surface area (Å²) in [5, 5.41) is 20.8. The number of carbonyl (C=O) groups excluding carboxylic acids is 2. The van der Waals surface area contributed by atoms with Gasteiger partial charge >= 0.3 is 5.71 Å². The van der Waals surface area contributed by atoms with Gasteiger partial charge in [0.15, 0.2) is 5.97 Å². The molecule has 0 aliphatic carbocycles. The minimum absolute atomic E-state index is 0.0811. The van der Waals surface area contributed by atoms with E-state index in [1.165, 1.54) is 24.3 Å². The number of hydrogen-bond donors (Lipinski definition) is 0. The number of nitrogens with zero attached hydrogens (tertiary/aromatic N) is 3. The molecule has 1 aromatic rings. The van der Waals surface area contributed by atoms with E-state index >= 15 is 0 Å². The van der Waals surface area contributed by atoms with Gasteiger partial charge in [0.05, 0.1) is 4.92 Å². The number of carboxylic acid groups (broad SMARTS) is 1. The molecule has 0 aliphatic rings. The maximum atomic E-state index is 11.3. The predicted octanol–water partition coefficient (Wildman–Crippen LogP) is -0.483. The molecule has 0 heterocycles. The molecule has 0 amide bonds. The number of benzene rings is 1. The highest BCUT2D eigenvalue weighted by atomic mass is 16.6. The molecule has 0 radical (unpaired) electrons. The number of ketones is 1. The molecule has 1 rings (SSSR count). The van der Waals surface area contributed by atoms with Crippen molar-refractivity contribution < 1.29 is 24.4 Å². The maximum Gasteiger partial charge on any atom is 0.380 e. The summed E-state index contributed by atoms with van der Waals surface area (Å²) >= 11 is 0. The fourth-order valence-electron chi connectivity index (χ4n) is 1.37. The minimum Gasteiger partial charge on any atom is -0.538 e. The zero-order chi connectivity index (χ0) is 14.4. The smallest absolute Gasteiger partial charge is 0.380 e. The number of nitro benzene ring substituents is 1. The Morgan fingerprint density at radius 2 is 1.84 bits per heavy atom. The summed E-state index contributed by atoms with van der Waals surface area (Å²) in [6.07, 6.45) is -0.0334. The zero-order valence-corrected chi connectivity index (χ0v) is 9.61. The number of non-ortho nitro benzene ring substituents is 1. The van der Waals surface area contributed by atoms with Gasteiger partial charge in [-0.25, -0.2) is 0 Å². The van der Waals surface area contributed by atoms with Crippen LogP contribution in [-0.4, -0.2) is 27.2 Å². The van der Waals surface area contributed by atoms with Crippen molar-refractivity contribution in [3.63, 3.8) is 0 Å². The molecule has 0 aromatic heterocycles. The van der Waals surface area contributed by atoms with Crippen LogP contribution in [-0.2, 0) is 16.0 Å². The standard InChI is InChI=1S/C11H9N3O5/c12-13-10(11(16)17)9(15)6-3-7-1-4-8(5-2-7)14(18)19/h1-2,4-5H,3,6H2,(H,16,17)/p-1. The first-order valence-corrected chi connectivity index (χ1v) is 5.15. The van der Waals surface area contributed by atoms with E-state index in [0.29, 0.717) is 5.56 Å². The van der Waals surface area contributed by atoms with Gasteiger partial charge in [0.25, 0.3) is 5.69 Å². The van der Waals surface area contributed by atoms with Crippen LogP contribution in [0.3, 0.4) is 0 Å². The fraction of sp³-hybridized carbons (Fsp3) is 0.182. The number of rotatable bonds is 6. The Kier molecular flexibility index (Phi) is 4.62. The Labute approximate surface area is 107 Å². The molecule has 8 nitrogen and oxygen atoms in total. The van der Waals surface area contributed by atoms with Crippen molar-refractivity contribution in [2.75, 3.05) is 0 Å². The van der Waals surface area contributed by atoms with E-state index in [-0.39, 0.29) is 18.5 Å². The van der Waals surface area contributed by atoms with Crippen LogP contribution in [0.4, 0.5) is 5.69 Å². The first kappa shape index (κ1) is 14.2. The topological polar surface area (TPSA) is 137 Å². The number of carboxylic acids is 1. The van der Waals surface area contributed by atoms with Gasteiger partial charge in [0, 0.05) is 18.6 Å². The quantitative estimate of drug-likeness (QED) is 0.170. The van der Waals surface area contributed by atoms with Crippen molar-refractivity contribution in [3.8, 4) is 0 Å². The summed E-state index contributed by atoms with van der Waals surface area (Å²) in [6.45, 7) is 0. The number of aliphatic carboxylic acids is 1. The number of carbonyl (C=O) groups is 2. The van der Waals surface area contributed by atoms with E-state index in [9.17, 15) is 24.8 Å². The lowest BCUT2D eigenvalue weighted by atomic mass is 10.0. The van der Waals surface area contributed by atoms with Gasteiger partial charge in [-0.3, -0.25) is 14.9 Å². The Bertz CT molecular complexity index is 572. The normalized spacial score (nSPS) is 9.47. The highest BCUT2D eigenvalue weighted by Crippen LogP contribution is 2.13. The largest absolute Gasteiger partial charge is 0.538 e. The molecule has 0 saturated carbocycles. The summed E-state index contributed by atoms with van der Waals surface area (Å²) < 4.78 is 0. The average Bonchev–Trinajstić information content (AvgIpc) is 2.37. The molecule has 98 valence electrons. The Morgan fingerprint density at radius 3 is 2.26 bits per heavy atom. The SMILES string of the molecule is [N-]=[N+]=C(C(=O)[O-])C(=O)CCc1ccc([N+](=O)[O-])cc1. The summed E-state index contributed by atoms with van der Waals surface area (Å²) in [7, 11) is 0. The second-order valence-corrected chi connectivity index (χ2v) is 3.58. The van der Waals surface area contributed by atoms with Crippen molar-refractivity contribution >= 4 is 23.2 Å². The molecule has 0 aliphatic heterocycles. The van der Waals surface area contributed by atoms with Crippen LogP contribution in [0, 0.1) is 10.1 Å². The van der Waals surface area contributed by atoms with Crippen molar-refractivity contribution in [1.82, 2.24) is 0 Å². The Morgan fingerprint density at radius 1 is 1.26 bits per heavy atom. The molecule has 0 saturated heterocycles. The van der Waals surface area contributed by atoms with Gasteiger partial charge in [-0.2, -0.15) is 4.79 Å². The molecule has 1 aromatic carbocycles. The number of nitro groups is 1. The third-order valence-corrected chi connectivity index (χ3v) is 2.35. The van der Waals surface area contributed by atoms with Crippen LogP contribution in [0.25, 0.3) is 5.53 Å². The number of Topliss-reactive ketones (excluding diaryl/α,β-unsaturated/α-hetero) is 1. The third-order valence-electron chi connectivity index (χ3n) is 2.35. The van der Waals surface area contributed by atoms with E-state index in [1.807, 2.05) is 0 Å². The summed E-state index contributed by atoms with van der Waals surface area (Å²) in [5.41, 5.74) is 7.83. The third kappa shape index (κ3) is 3.83. The zero-order valence-electron chi connectivity index (χ0n) is 9.61. The summed E-state index contributed by atoms with van der Waals surface area (Å²) in [6, 6.07) is 5.47. The van der Waals surface area contributed by atoms with Crippen LogP contribution < -0.4 is 5.11 Å². The molecule has 0 bridgehead atoms. The van der Waals surface area contributed by atoms with E-state index < -0.39 is 22.4 Å². The number of hydrogen-bond acceptors (Lipinski definition) is 5.